The average Bonchev–Trinajstić information content (AvgIpc) is 2.60. The van der Waals surface area contributed by atoms with Gasteiger partial charge in [-0.3, -0.25) is 0 Å². The fraction of sp³-hybridized carbons (Fsp3) is 0.611. The molecule has 1 saturated heterocycles. The zero-order valence-electron chi connectivity index (χ0n) is 14.7. The maximum atomic E-state index is 12.5. The molecule has 0 bridgehead atoms. The number of nitrogens with zero attached hydrogens (tertiary/aromatic N) is 1. The lowest BCUT2D eigenvalue weighted by Gasteiger charge is -2.28. The summed E-state index contributed by atoms with van der Waals surface area (Å²) in [4.78, 5) is 13.9. The molecule has 26 heavy (non-hydrogen) atoms. The van der Waals surface area contributed by atoms with E-state index in [-0.39, 0.29) is 6.54 Å². The van der Waals surface area contributed by atoms with Crippen molar-refractivity contribution in [3.8, 4) is 0 Å². The van der Waals surface area contributed by atoms with Crippen LogP contribution in [0.4, 0.5) is 18.0 Å². The molecule has 1 aromatic carbocycles. The van der Waals surface area contributed by atoms with Crippen LogP contribution in [0.2, 0.25) is 0 Å². The van der Waals surface area contributed by atoms with Gasteiger partial charge in [-0.05, 0) is 50.0 Å². The Labute approximate surface area is 151 Å². The first-order chi connectivity index (χ1) is 12.3. The number of nitrogens with one attached hydrogen (secondary N) is 2. The molecule has 1 aliphatic heterocycles. The van der Waals surface area contributed by atoms with Gasteiger partial charge in [0.1, 0.15) is 0 Å². The second-order valence-electron chi connectivity index (χ2n) is 6.60. The molecule has 0 radical (unpaired) electrons. The number of β-amino-alcohol motifs (C(OH)–C–C–N with tert-alkyl or cyclic N) is 1. The molecule has 2 amide bonds. The summed E-state index contributed by atoms with van der Waals surface area (Å²) >= 11 is 0. The zero-order valence-corrected chi connectivity index (χ0v) is 14.7. The molecule has 1 aliphatic rings. The number of halogens is 3. The Kier molecular flexibility index (Phi) is 7.71. The smallest absolute Gasteiger partial charge is 0.390 e. The van der Waals surface area contributed by atoms with E-state index < -0.39 is 23.9 Å². The number of aliphatic hydroxyl groups is 1. The van der Waals surface area contributed by atoms with E-state index in [1.54, 1.807) is 0 Å². The van der Waals surface area contributed by atoms with Crippen molar-refractivity contribution in [2.24, 2.45) is 0 Å². The summed E-state index contributed by atoms with van der Waals surface area (Å²) in [6, 6.07) is 4.49. The number of carbonyl (C=O) groups is 1. The van der Waals surface area contributed by atoms with Crippen molar-refractivity contribution in [2.45, 2.75) is 38.0 Å². The number of carbonyl (C=O) groups excluding carboxylic acids is 1. The fourth-order valence-electron chi connectivity index (χ4n) is 2.96. The molecule has 0 aliphatic carbocycles. The summed E-state index contributed by atoms with van der Waals surface area (Å²) in [5.41, 5.74) is 0.0260. The summed E-state index contributed by atoms with van der Waals surface area (Å²) in [5, 5.41) is 15.2. The highest BCUT2D eigenvalue weighted by molar-refractivity contribution is 5.73. The van der Waals surface area contributed by atoms with E-state index in [0.717, 1.165) is 38.1 Å². The summed E-state index contributed by atoms with van der Waals surface area (Å²) in [6.45, 7) is 2.99. The van der Waals surface area contributed by atoms with Gasteiger partial charge in [0.2, 0.25) is 0 Å². The molecule has 0 aromatic heterocycles. The number of benzene rings is 1. The third kappa shape index (κ3) is 7.21. The Bertz CT molecular complexity index is 558. The quantitative estimate of drug-likeness (QED) is 0.688. The lowest BCUT2D eigenvalue weighted by molar-refractivity contribution is -0.137. The van der Waals surface area contributed by atoms with E-state index in [9.17, 15) is 23.1 Å². The van der Waals surface area contributed by atoms with Crippen LogP contribution in [0.5, 0.6) is 0 Å². The number of rotatable bonds is 7. The van der Waals surface area contributed by atoms with Crippen LogP contribution < -0.4 is 10.6 Å². The van der Waals surface area contributed by atoms with Crippen molar-refractivity contribution in [2.75, 3.05) is 32.7 Å². The minimum atomic E-state index is -4.34. The molecule has 1 heterocycles. The van der Waals surface area contributed by atoms with E-state index in [1.165, 1.54) is 18.6 Å². The van der Waals surface area contributed by atoms with Crippen LogP contribution in [0.25, 0.3) is 0 Å². The molecule has 1 fully saturated rings. The first kappa shape index (κ1) is 20.5. The van der Waals surface area contributed by atoms with Crippen molar-refractivity contribution < 1.29 is 23.1 Å². The Morgan fingerprint density at radius 3 is 2.38 bits per heavy atom. The van der Waals surface area contributed by atoms with Gasteiger partial charge in [-0.2, -0.15) is 13.2 Å². The van der Waals surface area contributed by atoms with Crippen LogP contribution in [0.1, 0.15) is 30.4 Å². The summed E-state index contributed by atoms with van der Waals surface area (Å²) in [5.74, 6) is 0. The Balaban J connectivity index is 1.61. The maximum absolute atomic E-state index is 12.5. The van der Waals surface area contributed by atoms with Crippen LogP contribution in [-0.4, -0.2) is 54.9 Å². The number of hydrogen-bond acceptors (Lipinski definition) is 3. The highest BCUT2D eigenvalue weighted by Crippen LogP contribution is 2.29. The number of aliphatic hydroxyl groups excluding tert-OH is 1. The molecule has 8 heteroatoms. The van der Waals surface area contributed by atoms with Crippen LogP contribution in [0.3, 0.4) is 0 Å². The zero-order chi connectivity index (χ0) is 19.0. The van der Waals surface area contributed by atoms with Crippen molar-refractivity contribution in [1.29, 1.82) is 0 Å². The van der Waals surface area contributed by atoms with Gasteiger partial charge >= 0.3 is 12.2 Å². The van der Waals surface area contributed by atoms with Gasteiger partial charge in [0.05, 0.1) is 11.7 Å². The molecule has 146 valence electrons. The second kappa shape index (κ2) is 9.78. The van der Waals surface area contributed by atoms with E-state index in [1.807, 2.05) is 0 Å². The largest absolute Gasteiger partial charge is 0.416 e. The van der Waals surface area contributed by atoms with Crippen molar-refractivity contribution in [3.63, 3.8) is 0 Å². The standard InChI is InChI=1S/C18H26F3N3O2/c19-18(20,21)15-6-4-14(5-7-15)8-9-22-17(26)23-12-16(25)13-24-10-2-1-3-11-24/h4-7,16,25H,1-3,8-13H2,(H2,22,23,26)/t16-/m1/s1. The predicted octanol–water partition coefficient (Wildman–Crippen LogP) is 2.39. The molecule has 1 atom stereocenters. The highest BCUT2D eigenvalue weighted by Gasteiger charge is 2.29. The van der Waals surface area contributed by atoms with Crippen LogP contribution in [0.15, 0.2) is 24.3 Å². The minimum absolute atomic E-state index is 0.169. The van der Waals surface area contributed by atoms with Gasteiger partial charge in [-0.15, -0.1) is 0 Å². The Morgan fingerprint density at radius 1 is 1.12 bits per heavy atom. The predicted molar refractivity (Wildman–Crippen MR) is 92.8 cm³/mol. The third-order valence-electron chi connectivity index (χ3n) is 4.40. The number of alkyl halides is 3. The molecular weight excluding hydrogens is 347 g/mol. The van der Waals surface area contributed by atoms with Gasteiger partial charge in [0.15, 0.2) is 0 Å². The monoisotopic (exact) mass is 373 g/mol. The topological polar surface area (TPSA) is 64.6 Å². The van der Waals surface area contributed by atoms with Gasteiger partial charge in [-0.25, -0.2) is 4.79 Å². The van der Waals surface area contributed by atoms with E-state index in [0.29, 0.717) is 25.1 Å². The fourth-order valence-corrected chi connectivity index (χ4v) is 2.96. The van der Waals surface area contributed by atoms with E-state index >= 15 is 0 Å². The normalized spacial score (nSPS) is 16.9. The van der Waals surface area contributed by atoms with E-state index in [4.69, 9.17) is 0 Å². The molecule has 0 saturated carbocycles. The third-order valence-corrected chi connectivity index (χ3v) is 4.40. The number of piperidine rings is 1. The van der Waals surface area contributed by atoms with Crippen molar-refractivity contribution in [1.82, 2.24) is 15.5 Å². The summed E-state index contributed by atoms with van der Waals surface area (Å²) < 4.78 is 37.5. The molecule has 0 unspecified atom stereocenters. The molecule has 0 spiro atoms. The number of amides is 2. The number of likely N-dealkylation sites (tertiary alicyclic amines) is 1. The maximum Gasteiger partial charge on any atom is 0.416 e. The lowest BCUT2D eigenvalue weighted by Crippen LogP contribution is -2.45. The molecule has 3 N–H and O–H groups in total. The Hall–Kier alpha value is -1.80. The van der Waals surface area contributed by atoms with Gasteiger partial charge in [0, 0.05) is 19.6 Å². The van der Waals surface area contributed by atoms with Crippen LogP contribution >= 0.6 is 0 Å². The van der Waals surface area contributed by atoms with Gasteiger partial charge < -0.3 is 20.6 Å². The van der Waals surface area contributed by atoms with Crippen LogP contribution in [-0.2, 0) is 12.6 Å². The van der Waals surface area contributed by atoms with Crippen LogP contribution in [0, 0.1) is 0 Å². The van der Waals surface area contributed by atoms with Gasteiger partial charge in [0.25, 0.3) is 0 Å². The van der Waals surface area contributed by atoms with E-state index in [2.05, 4.69) is 15.5 Å². The summed E-state index contributed by atoms with van der Waals surface area (Å²) in [6.07, 6.45) is -1.01. The van der Waals surface area contributed by atoms with Crippen molar-refractivity contribution in [3.05, 3.63) is 35.4 Å². The second-order valence-corrected chi connectivity index (χ2v) is 6.60. The summed E-state index contributed by atoms with van der Waals surface area (Å²) in [7, 11) is 0. The minimum Gasteiger partial charge on any atom is -0.390 e. The lowest BCUT2D eigenvalue weighted by atomic mass is 10.1. The Morgan fingerprint density at radius 2 is 1.77 bits per heavy atom. The molecule has 5 nitrogen and oxygen atoms in total. The first-order valence-electron chi connectivity index (χ1n) is 8.93. The number of hydrogen-bond donors (Lipinski definition) is 3. The first-order valence-corrected chi connectivity index (χ1v) is 8.93. The average molecular weight is 373 g/mol. The molecule has 2 rings (SSSR count). The van der Waals surface area contributed by atoms with Crippen molar-refractivity contribution >= 4 is 6.03 Å². The SMILES string of the molecule is O=C(NCCc1ccc(C(F)(F)F)cc1)NC[C@@H](O)CN1CCCCC1. The highest BCUT2D eigenvalue weighted by atomic mass is 19.4. The number of urea groups is 1. The molecule has 1 aromatic rings. The molecular formula is C18H26F3N3O2. The van der Waals surface area contributed by atoms with Gasteiger partial charge in [-0.1, -0.05) is 18.6 Å².